The van der Waals surface area contributed by atoms with E-state index in [1.807, 2.05) is 38.1 Å². The zero-order chi connectivity index (χ0) is 20.5. The molecule has 0 spiro atoms. The maximum atomic E-state index is 12.5. The minimum absolute atomic E-state index is 0.0421. The van der Waals surface area contributed by atoms with Gasteiger partial charge in [-0.1, -0.05) is 24.3 Å². The molecule has 150 valence electrons. The van der Waals surface area contributed by atoms with Gasteiger partial charge in [0.25, 0.3) is 5.91 Å². The molecule has 2 N–H and O–H groups in total. The third-order valence-corrected chi connectivity index (χ3v) is 3.83. The summed E-state index contributed by atoms with van der Waals surface area (Å²) in [4.78, 5) is 23.2. The van der Waals surface area contributed by atoms with Gasteiger partial charge in [0.15, 0.2) is 6.61 Å². The summed E-state index contributed by atoms with van der Waals surface area (Å²) in [6.07, 6.45) is -0.425. The standard InChI is InChI=1S/C21H25NO6/c1-14(2)28-19(17-9-4-5-10-18(17)26-3)12-22-21(25)15-7-6-8-16(11-15)27-13-20(23)24/h4-11,14,19H,12-13H2,1-3H3,(H,22,25)(H,23,24). The summed E-state index contributed by atoms with van der Waals surface area (Å²) in [5, 5.41) is 11.5. The van der Waals surface area contributed by atoms with Crippen LogP contribution >= 0.6 is 0 Å². The van der Waals surface area contributed by atoms with Crippen LogP contribution in [-0.2, 0) is 9.53 Å². The van der Waals surface area contributed by atoms with E-state index in [9.17, 15) is 9.59 Å². The quantitative estimate of drug-likeness (QED) is 0.651. The van der Waals surface area contributed by atoms with E-state index in [2.05, 4.69) is 5.32 Å². The van der Waals surface area contributed by atoms with E-state index in [4.69, 9.17) is 19.3 Å². The Labute approximate surface area is 164 Å². The van der Waals surface area contributed by atoms with Crippen molar-refractivity contribution in [2.45, 2.75) is 26.1 Å². The Morgan fingerprint density at radius 3 is 2.54 bits per heavy atom. The van der Waals surface area contributed by atoms with Crippen molar-refractivity contribution in [2.24, 2.45) is 0 Å². The number of methoxy groups -OCH3 is 1. The molecule has 0 fully saturated rings. The van der Waals surface area contributed by atoms with Crippen LogP contribution in [0.1, 0.15) is 35.9 Å². The van der Waals surface area contributed by atoms with Gasteiger partial charge in [-0.3, -0.25) is 4.79 Å². The highest BCUT2D eigenvalue weighted by Gasteiger charge is 2.19. The predicted octanol–water partition coefficient (Wildman–Crippen LogP) is 3.05. The molecule has 0 aliphatic heterocycles. The fraction of sp³-hybridized carbons (Fsp3) is 0.333. The summed E-state index contributed by atoms with van der Waals surface area (Å²) >= 11 is 0. The van der Waals surface area contributed by atoms with Crippen LogP contribution in [0.15, 0.2) is 48.5 Å². The molecule has 0 aliphatic rings. The fourth-order valence-electron chi connectivity index (χ4n) is 2.65. The van der Waals surface area contributed by atoms with Gasteiger partial charge >= 0.3 is 5.97 Å². The Morgan fingerprint density at radius 2 is 1.86 bits per heavy atom. The summed E-state index contributed by atoms with van der Waals surface area (Å²) in [5.41, 5.74) is 1.21. The maximum Gasteiger partial charge on any atom is 0.341 e. The van der Waals surface area contributed by atoms with Crippen LogP contribution in [0.4, 0.5) is 0 Å². The van der Waals surface area contributed by atoms with Gasteiger partial charge in [-0.2, -0.15) is 0 Å². The molecule has 0 radical (unpaired) electrons. The molecule has 1 atom stereocenters. The van der Waals surface area contributed by atoms with Crippen molar-refractivity contribution in [3.8, 4) is 11.5 Å². The highest BCUT2D eigenvalue weighted by atomic mass is 16.5. The van der Waals surface area contributed by atoms with E-state index in [0.29, 0.717) is 17.1 Å². The van der Waals surface area contributed by atoms with E-state index in [1.54, 1.807) is 25.3 Å². The van der Waals surface area contributed by atoms with Crippen molar-refractivity contribution in [2.75, 3.05) is 20.3 Å². The topological polar surface area (TPSA) is 94.1 Å². The second-order valence-electron chi connectivity index (χ2n) is 6.34. The number of nitrogens with one attached hydrogen (secondary N) is 1. The third-order valence-electron chi connectivity index (χ3n) is 3.83. The van der Waals surface area contributed by atoms with E-state index in [-0.39, 0.29) is 24.7 Å². The van der Waals surface area contributed by atoms with Crippen LogP contribution < -0.4 is 14.8 Å². The van der Waals surface area contributed by atoms with Gasteiger partial charge in [-0.15, -0.1) is 0 Å². The number of ether oxygens (including phenoxy) is 3. The predicted molar refractivity (Wildman–Crippen MR) is 104 cm³/mol. The van der Waals surface area contributed by atoms with E-state index in [1.165, 1.54) is 6.07 Å². The first kappa shape index (κ1) is 21.2. The van der Waals surface area contributed by atoms with Gasteiger partial charge < -0.3 is 24.6 Å². The largest absolute Gasteiger partial charge is 0.496 e. The minimum Gasteiger partial charge on any atom is -0.496 e. The second kappa shape index (κ2) is 10.3. The van der Waals surface area contributed by atoms with Crippen LogP contribution in [0.2, 0.25) is 0 Å². The highest BCUT2D eigenvalue weighted by molar-refractivity contribution is 5.94. The molecule has 0 aliphatic carbocycles. The van der Waals surface area contributed by atoms with Crippen molar-refractivity contribution in [1.82, 2.24) is 5.32 Å². The van der Waals surface area contributed by atoms with E-state index in [0.717, 1.165) is 5.56 Å². The van der Waals surface area contributed by atoms with Crippen LogP contribution in [-0.4, -0.2) is 43.3 Å². The molecule has 7 nitrogen and oxygen atoms in total. The average molecular weight is 387 g/mol. The number of carbonyl (C=O) groups excluding carboxylic acids is 1. The lowest BCUT2D eigenvalue weighted by Gasteiger charge is -2.23. The smallest absolute Gasteiger partial charge is 0.341 e. The molecule has 0 aromatic heterocycles. The van der Waals surface area contributed by atoms with Crippen molar-refractivity contribution >= 4 is 11.9 Å². The van der Waals surface area contributed by atoms with Gasteiger partial charge in [0.1, 0.15) is 17.6 Å². The molecule has 28 heavy (non-hydrogen) atoms. The van der Waals surface area contributed by atoms with Gasteiger partial charge in [0.2, 0.25) is 0 Å². The second-order valence-corrected chi connectivity index (χ2v) is 6.34. The monoisotopic (exact) mass is 387 g/mol. The first-order chi connectivity index (χ1) is 13.4. The Morgan fingerprint density at radius 1 is 1.11 bits per heavy atom. The van der Waals surface area contributed by atoms with Crippen molar-refractivity contribution < 1.29 is 28.9 Å². The van der Waals surface area contributed by atoms with Crippen molar-refractivity contribution in [1.29, 1.82) is 0 Å². The first-order valence-electron chi connectivity index (χ1n) is 8.92. The van der Waals surface area contributed by atoms with Gasteiger partial charge in [-0.05, 0) is 38.1 Å². The third kappa shape index (κ3) is 6.28. The first-order valence-corrected chi connectivity index (χ1v) is 8.92. The SMILES string of the molecule is COc1ccccc1C(CNC(=O)c1cccc(OCC(=O)O)c1)OC(C)C. The number of carboxylic acids is 1. The Hall–Kier alpha value is -3.06. The van der Waals surface area contributed by atoms with E-state index < -0.39 is 12.6 Å². The van der Waals surface area contributed by atoms with E-state index >= 15 is 0 Å². The lowest BCUT2D eigenvalue weighted by Crippen LogP contribution is -2.30. The molecule has 2 aromatic carbocycles. The summed E-state index contributed by atoms with van der Waals surface area (Å²) in [6, 6.07) is 13.9. The fourth-order valence-corrected chi connectivity index (χ4v) is 2.65. The van der Waals surface area contributed by atoms with Crippen molar-refractivity contribution in [3.63, 3.8) is 0 Å². The maximum absolute atomic E-state index is 12.5. The summed E-state index contributed by atoms with van der Waals surface area (Å²) < 4.78 is 16.5. The van der Waals surface area contributed by atoms with Crippen molar-refractivity contribution in [3.05, 3.63) is 59.7 Å². The molecule has 7 heteroatoms. The molecule has 1 amide bonds. The zero-order valence-corrected chi connectivity index (χ0v) is 16.2. The molecule has 1 unspecified atom stereocenters. The number of hydrogen-bond donors (Lipinski definition) is 2. The number of carbonyl (C=O) groups is 2. The van der Waals surface area contributed by atoms with Crippen LogP contribution in [0.25, 0.3) is 0 Å². The van der Waals surface area contributed by atoms with Gasteiger partial charge in [0, 0.05) is 17.7 Å². The number of rotatable bonds is 10. The summed E-state index contributed by atoms with van der Waals surface area (Å²) in [5.74, 6) is -0.394. The normalized spacial score (nSPS) is 11.7. The summed E-state index contributed by atoms with van der Waals surface area (Å²) in [6.45, 7) is 3.63. The zero-order valence-electron chi connectivity index (χ0n) is 16.2. The van der Waals surface area contributed by atoms with Gasteiger partial charge in [-0.25, -0.2) is 4.79 Å². The number of hydrogen-bond acceptors (Lipinski definition) is 5. The van der Waals surface area contributed by atoms with Crippen LogP contribution in [0.5, 0.6) is 11.5 Å². The Bertz CT molecular complexity index is 805. The molecule has 0 saturated carbocycles. The number of carboxylic acid groups (broad SMARTS) is 1. The van der Waals surface area contributed by atoms with Crippen LogP contribution in [0.3, 0.4) is 0 Å². The van der Waals surface area contributed by atoms with Gasteiger partial charge in [0.05, 0.1) is 13.2 Å². The minimum atomic E-state index is -1.08. The molecule has 0 heterocycles. The number of amides is 1. The molecule has 0 bridgehead atoms. The number of aliphatic carboxylic acids is 1. The highest BCUT2D eigenvalue weighted by Crippen LogP contribution is 2.28. The van der Waals surface area contributed by atoms with Crippen LogP contribution in [0, 0.1) is 0 Å². The molecule has 2 aromatic rings. The Kier molecular flexibility index (Phi) is 7.83. The molecule has 2 rings (SSSR count). The average Bonchev–Trinajstić information content (AvgIpc) is 2.69. The lowest BCUT2D eigenvalue weighted by molar-refractivity contribution is -0.139. The molecule has 0 saturated heterocycles. The lowest BCUT2D eigenvalue weighted by atomic mass is 10.1. The number of benzene rings is 2. The number of para-hydroxylation sites is 1. The molecular formula is C21H25NO6. The summed E-state index contributed by atoms with van der Waals surface area (Å²) in [7, 11) is 1.59. The Balaban J connectivity index is 2.09. The molecular weight excluding hydrogens is 362 g/mol.